The Labute approximate surface area is 215 Å². The molecule has 0 saturated carbocycles. The van der Waals surface area contributed by atoms with E-state index in [0.29, 0.717) is 24.6 Å². The number of nitrogens with zero attached hydrogens (tertiary/aromatic N) is 4. The average Bonchev–Trinajstić information content (AvgIpc) is 3.46. The van der Waals surface area contributed by atoms with Gasteiger partial charge in [-0.2, -0.15) is 5.10 Å². The van der Waals surface area contributed by atoms with E-state index < -0.39 is 12.0 Å². The van der Waals surface area contributed by atoms with Gasteiger partial charge in [0.2, 0.25) is 0 Å². The normalized spacial score (nSPS) is 15.3. The van der Waals surface area contributed by atoms with E-state index in [4.69, 9.17) is 18.7 Å². The topological polar surface area (TPSA) is 121 Å². The maximum absolute atomic E-state index is 13.2. The largest absolute Gasteiger partial charge is 0.465 e. The number of benzene rings is 1. The van der Waals surface area contributed by atoms with Crippen LogP contribution in [-0.4, -0.2) is 57.9 Å². The van der Waals surface area contributed by atoms with Crippen LogP contribution >= 0.6 is 0 Å². The van der Waals surface area contributed by atoms with Gasteiger partial charge in [0.05, 0.1) is 37.3 Å². The Morgan fingerprint density at radius 1 is 1.27 bits per heavy atom. The number of ether oxygens (including phenoxy) is 3. The Hall–Kier alpha value is -3.86. The summed E-state index contributed by atoms with van der Waals surface area (Å²) >= 11 is 0. The van der Waals surface area contributed by atoms with Crippen LogP contribution in [0, 0.1) is 13.8 Å². The molecule has 0 radical (unpaired) electrons. The Morgan fingerprint density at radius 3 is 2.86 bits per heavy atom. The predicted octanol–water partition coefficient (Wildman–Crippen LogP) is 4.04. The summed E-state index contributed by atoms with van der Waals surface area (Å²) in [5, 5.41) is 11.1. The first-order chi connectivity index (χ1) is 17.9. The highest BCUT2D eigenvalue weighted by Gasteiger charge is 2.21. The zero-order valence-corrected chi connectivity index (χ0v) is 21.4. The predicted molar refractivity (Wildman–Crippen MR) is 134 cm³/mol. The lowest BCUT2D eigenvalue weighted by Crippen LogP contribution is -2.39. The molecule has 3 heterocycles. The minimum Gasteiger partial charge on any atom is -0.465 e. The molecule has 0 bridgehead atoms. The number of hydrogen-bond acceptors (Lipinski definition) is 8. The van der Waals surface area contributed by atoms with E-state index >= 15 is 0 Å². The van der Waals surface area contributed by atoms with E-state index in [0.717, 1.165) is 41.8 Å². The molecule has 2 amide bonds. The maximum Gasteiger partial charge on any atom is 0.325 e. The van der Waals surface area contributed by atoms with Gasteiger partial charge in [0.25, 0.3) is 0 Å². The Bertz CT molecular complexity index is 1180. The van der Waals surface area contributed by atoms with Crippen LogP contribution in [0.5, 0.6) is 5.75 Å². The number of amides is 2. The first-order valence-electron chi connectivity index (χ1n) is 12.4. The molecule has 3 aromatic rings. The molecule has 0 spiro atoms. The fourth-order valence-electron chi connectivity index (χ4n) is 4.06. The van der Waals surface area contributed by atoms with Gasteiger partial charge in [-0.05, 0) is 51.3 Å². The maximum atomic E-state index is 13.2. The van der Waals surface area contributed by atoms with Crippen molar-refractivity contribution in [3.8, 4) is 5.75 Å². The summed E-state index contributed by atoms with van der Waals surface area (Å²) in [6, 6.07) is 6.98. The Balaban J connectivity index is 1.43. The number of aryl methyl sites for hydroxylation is 2. The summed E-state index contributed by atoms with van der Waals surface area (Å²) in [7, 11) is 0. The van der Waals surface area contributed by atoms with Crippen molar-refractivity contribution >= 4 is 17.7 Å². The molecule has 11 heteroatoms. The van der Waals surface area contributed by atoms with Gasteiger partial charge in [-0.15, -0.1) is 0 Å². The van der Waals surface area contributed by atoms with Crippen LogP contribution in [0.2, 0.25) is 0 Å². The summed E-state index contributed by atoms with van der Waals surface area (Å²) in [6.07, 6.45) is 5.93. The van der Waals surface area contributed by atoms with Gasteiger partial charge in [0.15, 0.2) is 6.29 Å². The summed E-state index contributed by atoms with van der Waals surface area (Å²) < 4.78 is 23.6. The van der Waals surface area contributed by atoms with Gasteiger partial charge >= 0.3 is 12.0 Å². The van der Waals surface area contributed by atoms with Crippen molar-refractivity contribution in [3.63, 3.8) is 0 Å². The molecule has 1 saturated heterocycles. The molecule has 1 aromatic carbocycles. The molecule has 0 aliphatic carbocycles. The lowest BCUT2D eigenvalue weighted by Gasteiger charge is -2.24. The van der Waals surface area contributed by atoms with E-state index in [1.165, 1.54) is 4.90 Å². The molecule has 1 fully saturated rings. The zero-order chi connectivity index (χ0) is 26.2. The molecule has 11 nitrogen and oxygen atoms in total. The van der Waals surface area contributed by atoms with Gasteiger partial charge in [0, 0.05) is 24.7 Å². The molecule has 1 aliphatic heterocycles. The molecule has 1 N–H and O–H groups in total. The van der Waals surface area contributed by atoms with E-state index in [9.17, 15) is 9.59 Å². The minimum atomic E-state index is -0.491. The van der Waals surface area contributed by atoms with Crippen molar-refractivity contribution < 1.29 is 28.3 Å². The van der Waals surface area contributed by atoms with Crippen LogP contribution in [-0.2, 0) is 27.4 Å². The number of carbonyl (C=O) groups is 2. The van der Waals surface area contributed by atoms with E-state index in [-0.39, 0.29) is 26.0 Å². The van der Waals surface area contributed by atoms with Gasteiger partial charge in [0.1, 0.15) is 18.1 Å². The molecule has 1 unspecified atom stereocenters. The monoisotopic (exact) mass is 511 g/mol. The van der Waals surface area contributed by atoms with Gasteiger partial charge in [-0.1, -0.05) is 17.3 Å². The number of nitrogens with one attached hydrogen (secondary N) is 1. The molecular formula is C26H33N5O6. The molecule has 4 rings (SSSR count). The lowest BCUT2D eigenvalue weighted by molar-refractivity contribution is -0.143. The van der Waals surface area contributed by atoms with Crippen molar-refractivity contribution in [1.82, 2.24) is 19.8 Å². The second-order valence-corrected chi connectivity index (χ2v) is 8.88. The van der Waals surface area contributed by atoms with Crippen molar-refractivity contribution in [2.45, 2.75) is 59.4 Å². The van der Waals surface area contributed by atoms with Crippen molar-refractivity contribution in [2.75, 3.05) is 25.1 Å². The molecule has 1 atom stereocenters. The molecular weight excluding hydrogens is 478 g/mol. The highest BCUT2D eigenvalue weighted by Crippen LogP contribution is 2.21. The summed E-state index contributed by atoms with van der Waals surface area (Å²) in [4.78, 5) is 26.8. The van der Waals surface area contributed by atoms with Crippen molar-refractivity contribution in [2.24, 2.45) is 0 Å². The number of esters is 1. The first-order valence-corrected chi connectivity index (χ1v) is 12.4. The van der Waals surface area contributed by atoms with Gasteiger partial charge in [-0.25, -0.2) is 4.79 Å². The highest BCUT2D eigenvalue weighted by atomic mass is 16.7. The van der Waals surface area contributed by atoms with Crippen LogP contribution in [0.15, 0.2) is 41.2 Å². The standard InChI is InChI=1S/C26H33N5O6/c1-4-34-24(32)17-30(14-20-8-7-9-22(12-20)36-25-10-5-6-11-35-25)26(33)28-21-13-27-31(15-21)16-23-18(2)29-37-19(23)3/h7-9,12-13,15,25H,4-6,10-11,14,16-17H2,1-3H3,(H,28,33). The third kappa shape index (κ3) is 7.32. The van der Waals surface area contributed by atoms with Crippen LogP contribution < -0.4 is 10.1 Å². The van der Waals surface area contributed by atoms with Crippen LogP contribution in [0.4, 0.5) is 10.5 Å². The number of carbonyl (C=O) groups excluding carboxylic acids is 2. The van der Waals surface area contributed by atoms with E-state index in [2.05, 4.69) is 15.6 Å². The highest BCUT2D eigenvalue weighted by molar-refractivity contribution is 5.91. The number of hydrogen-bond donors (Lipinski definition) is 1. The second kappa shape index (κ2) is 12.4. The third-order valence-corrected chi connectivity index (χ3v) is 5.98. The number of urea groups is 1. The number of anilines is 1. The summed E-state index contributed by atoms with van der Waals surface area (Å²) in [5.74, 6) is 0.886. The smallest absolute Gasteiger partial charge is 0.325 e. The molecule has 198 valence electrons. The van der Waals surface area contributed by atoms with E-state index in [1.54, 1.807) is 24.0 Å². The number of aromatic nitrogens is 3. The number of rotatable bonds is 10. The zero-order valence-electron chi connectivity index (χ0n) is 21.4. The first kappa shape index (κ1) is 26.2. The summed E-state index contributed by atoms with van der Waals surface area (Å²) in [6.45, 7) is 6.79. The van der Waals surface area contributed by atoms with E-state index in [1.807, 2.05) is 38.1 Å². The summed E-state index contributed by atoms with van der Waals surface area (Å²) in [5.41, 5.74) is 3.03. The van der Waals surface area contributed by atoms with Crippen molar-refractivity contribution in [1.29, 1.82) is 0 Å². The Kier molecular flexibility index (Phi) is 8.78. The fourth-order valence-corrected chi connectivity index (χ4v) is 4.06. The quantitative estimate of drug-likeness (QED) is 0.405. The van der Waals surface area contributed by atoms with Gasteiger partial charge in [-0.3, -0.25) is 9.48 Å². The minimum absolute atomic E-state index is 0.181. The SMILES string of the molecule is CCOC(=O)CN(Cc1cccc(OC2CCCCO2)c1)C(=O)Nc1cnn(Cc2c(C)noc2C)c1. The van der Waals surface area contributed by atoms with Gasteiger partial charge < -0.3 is 29.0 Å². The molecule has 1 aliphatic rings. The average molecular weight is 512 g/mol. The van der Waals surface area contributed by atoms with Crippen LogP contribution in [0.25, 0.3) is 0 Å². The third-order valence-electron chi connectivity index (χ3n) is 5.98. The molecule has 2 aromatic heterocycles. The Morgan fingerprint density at radius 2 is 2.14 bits per heavy atom. The second-order valence-electron chi connectivity index (χ2n) is 8.88. The fraction of sp³-hybridized carbons (Fsp3) is 0.462. The van der Waals surface area contributed by atoms with Crippen LogP contribution in [0.1, 0.15) is 48.8 Å². The molecule has 37 heavy (non-hydrogen) atoms. The lowest BCUT2D eigenvalue weighted by atomic mass is 10.2. The van der Waals surface area contributed by atoms with Crippen LogP contribution in [0.3, 0.4) is 0 Å². The van der Waals surface area contributed by atoms with Crippen molar-refractivity contribution in [3.05, 3.63) is 59.2 Å².